The summed E-state index contributed by atoms with van der Waals surface area (Å²) >= 11 is 0. The first-order chi connectivity index (χ1) is 55.8. The molecule has 116 heavy (non-hydrogen) atoms. The maximum Gasteiger partial charge on any atom is 0.136 e. The van der Waals surface area contributed by atoms with Crippen molar-refractivity contribution in [3.8, 4) is 39.3 Å². The minimum absolute atomic E-state index is 0.0166. The van der Waals surface area contributed by atoms with Crippen molar-refractivity contribution >= 4 is 131 Å². The van der Waals surface area contributed by atoms with Crippen LogP contribution in [0.2, 0.25) is 0 Å². The zero-order valence-corrected chi connectivity index (χ0v) is 69.4. The van der Waals surface area contributed by atoms with Gasteiger partial charge in [0.05, 0.1) is 50.0 Å². The molecular formula is C110H100N4O2. The van der Waals surface area contributed by atoms with Crippen LogP contribution in [-0.4, -0.2) is 18.3 Å². The first-order valence-corrected chi connectivity index (χ1v) is 41.0. The van der Waals surface area contributed by atoms with E-state index in [1.165, 1.54) is 170 Å². The number of benzene rings is 15. The van der Waals surface area contributed by atoms with Gasteiger partial charge in [-0.2, -0.15) is 0 Å². The van der Waals surface area contributed by atoms with E-state index in [2.05, 4.69) is 456 Å². The number of fused-ring (bicyclic) bond motifs is 18. The lowest BCUT2D eigenvalue weighted by Gasteiger charge is -2.31. The van der Waals surface area contributed by atoms with Gasteiger partial charge in [-0.15, -0.1) is 0 Å². The fourth-order valence-electron chi connectivity index (χ4n) is 18.4. The number of furan rings is 2. The quantitative estimate of drug-likeness (QED) is 0.172. The molecule has 0 radical (unpaired) electrons. The van der Waals surface area contributed by atoms with E-state index in [-0.39, 0.29) is 27.2 Å². The Morgan fingerprint density at radius 1 is 0.224 bits per heavy atom. The second kappa shape index (κ2) is 28.6. The second-order valence-corrected chi connectivity index (χ2v) is 36.3. The first kappa shape index (κ1) is 74.5. The molecule has 0 saturated carbocycles. The molecule has 0 N–H and O–H groups in total. The summed E-state index contributed by atoms with van der Waals surface area (Å²) in [4.78, 5) is 0. The Morgan fingerprint density at radius 2 is 0.560 bits per heavy atom. The lowest BCUT2D eigenvalue weighted by atomic mass is 9.73. The number of para-hydroxylation sites is 8. The topological polar surface area (TPSA) is 46.0 Å². The summed E-state index contributed by atoms with van der Waals surface area (Å²) in [7, 11) is 0. The van der Waals surface area contributed by atoms with Crippen LogP contribution in [0.1, 0.15) is 126 Å². The van der Waals surface area contributed by atoms with Gasteiger partial charge in [-0.1, -0.05) is 326 Å². The van der Waals surface area contributed by atoms with Crippen molar-refractivity contribution in [2.24, 2.45) is 0 Å². The van der Waals surface area contributed by atoms with Crippen molar-refractivity contribution in [2.45, 2.75) is 131 Å². The van der Waals surface area contributed by atoms with Crippen LogP contribution in [0.3, 0.4) is 0 Å². The van der Waals surface area contributed by atoms with E-state index in [1.807, 2.05) is 0 Å². The fourth-order valence-corrected chi connectivity index (χ4v) is 18.4. The van der Waals surface area contributed by atoms with Gasteiger partial charge in [0.1, 0.15) is 22.3 Å². The first-order valence-electron chi connectivity index (χ1n) is 41.0. The monoisotopic (exact) mass is 1510 g/mol. The minimum atomic E-state index is -0.123. The third kappa shape index (κ3) is 12.9. The van der Waals surface area contributed by atoms with E-state index in [1.54, 1.807) is 0 Å². The molecule has 0 spiro atoms. The van der Waals surface area contributed by atoms with Crippen LogP contribution < -0.4 is 0 Å². The summed E-state index contributed by atoms with van der Waals surface area (Å²) in [6.07, 6.45) is 0. The van der Waals surface area contributed by atoms with E-state index < -0.39 is 0 Å². The molecule has 6 nitrogen and oxygen atoms in total. The molecule has 0 aliphatic rings. The molecule has 6 heterocycles. The summed E-state index contributed by atoms with van der Waals surface area (Å²) in [5.74, 6) is 0. The standard InChI is InChI=1S/C34H27NO.C28H24N2.C26H28O.C22H21N/c1-34(2,3)33-28(35-26-17-9-7-14-24(26)25-15-8-10-18-27(25)35)20-21-30-32(33)31-23(16-11-19-29(31)36-30)22-12-5-4-6-13-22;1-28(2,3)30-25-17-9-6-13-21(25)22-14-10-18-26(27(22)30)29-23-15-7-4-11-19(23)20-12-5-8-16-24(20)29;1-25(2,3)19-15-16-21-23(24(19)26(4,5)6)22-18(13-10-14-20(22)27-21)17-11-8-7-9-12-17;1-22(2,3)16-12-14-17(15-13-16)23-20-10-6-4-8-18(20)19-9-5-7-11-21(19)23/h4-21H,1-3H3;4-18H,1-3H3;7-16H,1-6H3;4-15H,1-3H3. The summed E-state index contributed by atoms with van der Waals surface area (Å²) in [6, 6.07) is 119. The molecule has 572 valence electrons. The highest BCUT2D eigenvalue weighted by Crippen LogP contribution is 2.49. The molecule has 0 aliphatic carbocycles. The van der Waals surface area contributed by atoms with Crippen molar-refractivity contribution in [2.75, 3.05) is 0 Å². The number of hydrogen-bond donors (Lipinski definition) is 0. The molecule has 21 rings (SSSR count). The van der Waals surface area contributed by atoms with Crippen molar-refractivity contribution in [1.29, 1.82) is 0 Å². The van der Waals surface area contributed by atoms with Gasteiger partial charge in [0.25, 0.3) is 0 Å². The molecule has 15 aromatic carbocycles. The maximum atomic E-state index is 6.49. The summed E-state index contributed by atoms with van der Waals surface area (Å²) in [5, 5.41) is 15.3. The molecule has 0 fully saturated rings. The Bertz CT molecular complexity index is 7160. The van der Waals surface area contributed by atoms with Crippen molar-refractivity contribution in [3.05, 3.63) is 356 Å². The minimum Gasteiger partial charge on any atom is -0.456 e. The summed E-state index contributed by atoms with van der Waals surface area (Å²) in [6.45, 7) is 34.4. The van der Waals surface area contributed by atoms with Crippen molar-refractivity contribution in [3.63, 3.8) is 0 Å². The molecule has 0 bridgehead atoms. The van der Waals surface area contributed by atoms with Crippen molar-refractivity contribution < 1.29 is 8.83 Å². The normalized spacial score (nSPS) is 12.4. The predicted octanol–water partition coefficient (Wildman–Crippen LogP) is 31.2. The molecule has 0 aliphatic heterocycles. The number of hydrogen-bond acceptors (Lipinski definition) is 2. The largest absolute Gasteiger partial charge is 0.456 e. The molecule has 0 atom stereocenters. The van der Waals surface area contributed by atoms with Crippen LogP contribution in [0.5, 0.6) is 0 Å². The average molecular weight is 1510 g/mol. The van der Waals surface area contributed by atoms with E-state index in [0.717, 1.165) is 22.3 Å². The van der Waals surface area contributed by atoms with E-state index in [4.69, 9.17) is 8.83 Å². The zero-order valence-electron chi connectivity index (χ0n) is 69.4. The van der Waals surface area contributed by atoms with Gasteiger partial charge < -0.3 is 27.1 Å². The van der Waals surface area contributed by atoms with Gasteiger partial charge >= 0.3 is 0 Å². The Labute approximate surface area is 680 Å². The highest BCUT2D eigenvalue weighted by molar-refractivity contribution is 6.19. The lowest BCUT2D eigenvalue weighted by molar-refractivity contribution is 0.423. The SMILES string of the molecule is CC(C)(C)c1c(-n2c3ccccc3c3ccccc32)ccc2oc3cccc(-c4ccccc4)c3c12.CC(C)(C)c1ccc(-n2c3ccccc3c3ccccc32)cc1.CC(C)(C)c1ccc2oc3cccc(-c4ccccc4)c3c2c1C(C)(C)C.CC(C)(C)n1c2ccccc2c2cccc(-n3c4ccccc4c4ccccc43)c21. The summed E-state index contributed by atoms with van der Waals surface area (Å²) < 4.78 is 22.6. The van der Waals surface area contributed by atoms with Gasteiger partial charge in [0.15, 0.2) is 0 Å². The highest BCUT2D eigenvalue weighted by Gasteiger charge is 2.33. The van der Waals surface area contributed by atoms with Crippen LogP contribution in [0.15, 0.2) is 342 Å². The molecular weight excluding hydrogens is 1410 g/mol. The molecule has 6 aromatic heterocycles. The summed E-state index contributed by atoms with van der Waals surface area (Å²) in [5.41, 5.74) is 27.9. The third-order valence-corrected chi connectivity index (χ3v) is 23.3. The van der Waals surface area contributed by atoms with Crippen LogP contribution in [0.4, 0.5) is 0 Å². The van der Waals surface area contributed by atoms with Crippen LogP contribution in [-0.2, 0) is 27.2 Å². The van der Waals surface area contributed by atoms with E-state index in [9.17, 15) is 0 Å². The van der Waals surface area contributed by atoms with Gasteiger partial charge in [-0.3, -0.25) is 0 Å². The van der Waals surface area contributed by atoms with E-state index >= 15 is 0 Å². The molecule has 6 heteroatoms. The molecule has 0 unspecified atom stereocenters. The Balaban J connectivity index is 0.000000108. The van der Waals surface area contributed by atoms with Crippen LogP contribution in [0.25, 0.3) is 170 Å². The Kier molecular flexibility index (Phi) is 18.4. The average Bonchev–Trinajstić information content (AvgIpc) is 1.57. The van der Waals surface area contributed by atoms with E-state index in [0.29, 0.717) is 0 Å². The van der Waals surface area contributed by atoms with Crippen molar-refractivity contribution in [1.82, 2.24) is 18.3 Å². The van der Waals surface area contributed by atoms with Gasteiger partial charge in [-0.25, -0.2) is 0 Å². The lowest BCUT2D eigenvalue weighted by Crippen LogP contribution is -2.22. The maximum absolute atomic E-state index is 6.49. The fraction of sp³-hybridized carbons (Fsp3) is 0.182. The van der Waals surface area contributed by atoms with Gasteiger partial charge in [-0.05, 0) is 178 Å². The van der Waals surface area contributed by atoms with Crippen LogP contribution >= 0.6 is 0 Å². The molecule has 21 aromatic rings. The predicted molar refractivity (Wildman–Crippen MR) is 497 cm³/mol. The molecule has 0 saturated heterocycles. The Morgan fingerprint density at radius 3 is 0.957 bits per heavy atom. The third-order valence-electron chi connectivity index (χ3n) is 23.3. The Hall–Kier alpha value is -12.9. The number of nitrogens with zero attached hydrogens (tertiary/aromatic N) is 4. The highest BCUT2D eigenvalue weighted by atomic mass is 16.3. The molecule has 0 amide bonds. The smallest absolute Gasteiger partial charge is 0.136 e. The van der Waals surface area contributed by atoms with Gasteiger partial charge in [0.2, 0.25) is 0 Å². The zero-order chi connectivity index (χ0) is 80.3. The van der Waals surface area contributed by atoms with Gasteiger partial charge in [0, 0.05) is 81.4 Å². The van der Waals surface area contributed by atoms with Crippen LogP contribution in [0, 0.1) is 0 Å². The number of aromatic nitrogens is 4. The second-order valence-electron chi connectivity index (χ2n) is 36.3. The number of rotatable bonds is 5.